The summed E-state index contributed by atoms with van der Waals surface area (Å²) in [6, 6.07) is 6.47. The number of hydrogen-bond donors (Lipinski definition) is 2. The zero-order chi connectivity index (χ0) is 30.8. The molecule has 9 nitrogen and oxygen atoms in total. The molecule has 0 radical (unpaired) electrons. The van der Waals surface area contributed by atoms with E-state index in [2.05, 4.69) is 16.3 Å². The highest BCUT2D eigenvalue weighted by atomic mass is 35.5. The zero-order valence-electron chi connectivity index (χ0n) is 25.7. The van der Waals surface area contributed by atoms with Gasteiger partial charge < -0.3 is 25.3 Å². The molecule has 1 aromatic heterocycles. The third-order valence-corrected chi connectivity index (χ3v) is 11.3. The average molecular weight is 641 g/mol. The summed E-state index contributed by atoms with van der Waals surface area (Å²) >= 11 is 7.98. The number of aryl methyl sites for hydroxylation is 1. The summed E-state index contributed by atoms with van der Waals surface area (Å²) in [5, 5.41) is 6.43. The molecule has 4 aliphatic heterocycles. The second-order valence-electron chi connectivity index (χ2n) is 13.0. The first-order valence-corrected chi connectivity index (χ1v) is 17.5. The summed E-state index contributed by atoms with van der Waals surface area (Å²) < 4.78 is 0. The summed E-state index contributed by atoms with van der Waals surface area (Å²) in [7, 11) is 0. The topological polar surface area (TPSA) is 102 Å². The van der Waals surface area contributed by atoms with E-state index in [4.69, 9.17) is 17.3 Å². The van der Waals surface area contributed by atoms with Crippen molar-refractivity contribution in [3.63, 3.8) is 0 Å². The fourth-order valence-electron chi connectivity index (χ4n) is 7.52. The number of nitrogens with zero attached hydrogens (tertiary/aromatic N) is 4. The number of hydrogen-bond acceptors (Lipinski definition) is 6. The molecular weight excluding hydrogens is 596 g/mol. The molecule has 1 atom stereocenters. The Morgan fingerprint density at radius 2 is 1.68 bits per heavy atom. The van der Waals surface area contributed by atoms with Gasteiger partial charge in [-0.05, 0) is 93.6 Å². The standard InChI is InChI=1S/C33H45ClN6O3S/c1-22-17-23(19-28(34)30(22)35)18-25(32(42)39-14-5-26(6-15-39)37-10-3-2-4-11-37)20-29(41)38-12-7-27(8-13-38)40-21-24-9-16-44-31(24)36-33(40)43/h9,16-17,19,25-27H,2-8,10-15,18,20-21,35H2,1H3,(H,36,43)/t25-/m0/s1. The summed E-state index contributed by atoms with van der Waals surface area (Å²) in [4.78, 5) is 48.9. The smallest absolute Gasteiger partial charge is 0.323 e. The predicted molar refractivity (Wildman–Crippen MR) is 176 cm³/mol. The lowest BCUT2D eigenvalue weighted by Gasteiger charge is -2.41. The molecule has 4 amide bonds. The van der Waals surface area contributed by atoms with Crippen LogP contribution in [-0.4, -0.2) is 88.8 Å². The molecule has 0 unspecified atom stereocenters. The molecule has 11 heteroatoms. The minimum absolute atomic E-state index is 0.00600. The van der Waals surface area contributed by atoms with Gasteiger partial charge in [0.05, 0.1) is 23.2 Å². The number of nitrogens with one attached hydrogen (secondary N) is 1. The van der Waals surface area contributed by atoms with Crippen molar-refractivity contribution in [2.75, 3.05) is 50.3 Å². The van der Waals surface area contributed by atoms with Crippen molar-refractivity contribution >= 4 is 51.5 Å². The second kappa shape index (κ2) is 13.7. The van der Waals surface area contributed by atoms with E-state index < -0.39 is 5.92 Å². The van der Waals surface area contributed by atoms with Crippen LogP contribution >= 0.6 is 22.9 Å². The Bertz CT molecular complexity index is 1340. The number of carbonyl (C=O) groups is 3. The number of nitrogens with two attached hydrogens (primary N) is 1. The highest BCUT2D eigenvalue weighted by molar-refractivity contribution is 7.14. The Balaban J connectivity index is 1.09. The Labute approximate surface area is 269 Å². The molecular formula is C33H45ClN6O3S. The lowest BCUT2D eigenvalue weighted by Crippen LogP contribution is -2.52. The summed E-state index contributed by atoms with van der Waals surface area (Å²) in [5.74, 6) is -0.394. The fraction of sp³-hybridized carbons (Fsp3) is 0.606. The molecule has 5 heterocycles. The van der Waals surface area contributed by atoms with Gasteiger partial charge in [0.2, 0.25) is 11.8 Å². The van der Waals surface area contributed by atoms with E-state index in [1.165, 1.54) is 32.4 Å². The number of halogens is 1. The van der Waals surface area contributed by atoms with Crippen LogP contribution in [0.3, 0.4) is 0 Å². The minimum Gasteiger partial charge on any atom is -0.397 e. The number of urea groups is 1. The van der Waals surface area contributed by atoms with E-state index >= 15 is 0 Å². The Morgan fingerprint density at radius 3 is 2.39 bits per heavy atom. The Hall–Kier alpha value is -2.82. The Morgan fingerprint density at radius 1 is 1.00 bits per heavy atom. The maximum absolute atomic E-state index is 14.0. The van der Waals surface area contributed by atoms with Gasteiger partial charge >= 0.3 is 6.03 Å². The van der Waals surface area contributed by atoms with Crippen LogP contribution in [0, 0.1) is 12.8 Å². The predicted octanol–water partition coefficient (Wildman–Crippen LogP) is 5.36. The molecule has 2 aromatic rings. The molecule has 6 rings (SSSR count). The summed E-state index contributed by atoms with van der Waals surface area (Å²) in [5.41, 5.74) is 9.61. The molecule has 1 aromatic carbocycles. The number of nitrogen functional groups attached to an aromatic ring is 1. The van der Waals surface area contributed by atoms with Crippen molar-refractivity contribution in [1.82, 2.24) is 19.6 Å². The van der Waals surface area contributed by atoms with Crippen LogP contribution in [0.1, 0.15) is 68.1 Å². The van der Waals surface area contributed by atoms with Crippen LogP contribution in [-0.2, 0) is 22.6 Å². The second-order valence-corrected chi connectivity index (χ2v) is 14.3. The lowest BCUT2D eigenvalue weighted by molar-refractivity contribution is -0.143. The first-order chi connectivity index (χ1) is 21.3. The number of anilines is 2. The minimum atomic E-state index is -0.462. The maximum atomic E-state index is 14.0. The van der Waals surface area contributed by atoms with Crippen LogP contribution in [0.5, 0.6) is 0 Å². The van der Waals surface area contributed by atoms with Gasteiger partial charge in [0, 0.05) is 50.2 Å². The lowest BCUT2D eigenvalue weighted by atomic mass is 9.91. The Kier molecular flexibility index (Phi) is 9.68. The van der Waals surface area contributed by atoms with E-state index in [1.807, 2.05) is 39.1 Å². The average Bonchev–Trinajstić information content (AvgIpc) is 3.50. The quantitative estimate of drug-likeness (QED) is 0.397. The molecule has 3 N–H and O–H groups in total. The van der Waals surface area contributed by atoms with Gasteiger partial charge in [-0.1, -0.05) is 24.1 Å². The van der Waals surface area contributed by atoms with E-state index in [9.17, 15) is 14.4 Å². The van der Waals surface area contributed by atoms with Gasteiger partial charge in [0.15, 0.2) is 0 Å². The van der Waals surface area contributed by atoms with E-state index in [0.29, 0.717) is 42.8 Å². The number of likely N-dealkylation sites (tertiary alicyclic amines) is 3. The highest BCUT2D eigenvalue weighted by Gasteiger charge is 2.36. The number of rotatable bonds is 7. The molecule has 44 heavy (non-hydrogen) atoms. The number of piperidine rings is 3. The number of benzene rings is 1. The first-order valence-electron chi connectivity index (χ1n) is 16.3. The van der Waals surface area contributed by atoms with Crippen LogP contribution in [0.15, 0.2) is 23.6 Å². The van der Waals surface area contributed by atoms with Crippen molar-refractivity contribution in [3.05, 3.63) is 45.3 Å². The number of amides is 4. The molecule has 3 saturated heterocycles. The van der Waals surface area contributed by atoms with Crippen LogP contribution < -0.4 is 11.1 Å². The van der Waals surface area contributed by atoms with Crippen LogP contribution in [0.2, 0.25) is 5.02 Å². The van der Waals surface area contributed by atoms with Gasteiger partial charge in [-0.2, -0.15) is 0 Å². The van der Waals surface area contributed by atoms with E-state index in [0.717, 1.165) is 60.5 Å². The third kappa shape index (κ3) is 6.87. The monoisotopic (exact) mass is 640 g/mol. The largest absolute Gasteiger partial charge is 0.397 e. The molecule has 0 saturated carbocycles. The van der Waals surface area contributed by atoms with Crippen molar-refractivity contribution in [3.8, 4) is 0 Å². The molecule has 0 aliphatic carbocycles. The van der Waals surface area contributed by atoms with Crippen LogP contribution in [0.4, 0.5) is 15.5 Å². The van der Waals surface area contributed by atoms with Gasteiger partial charge in [-0.15, -0.1) is 11.3 Å². The number of fused-ring (bicyclic) bond motifs is 1. The van der Waals surface area contributed by atoms with Crippen LogP contribution in [0.25, 0.3) is 0 Å². The molecule has 4 aliphatic rings. The van der Waals surface area contributed by atoms with Crippen molar-refractivity contribution in [1.29, 1.82) is 0 Å². The number of thiophene rings is 1. The first kappa shape index (κ1) is 31.2. The van der Waals surface area contributed by atoms with Gasteiger partial charge in [0.1, 0.15) is 5.00 Å². The van der Waals surface area contributed by atoms with Gasteiger partial charge in [-0.25, -0.2) is 4.79 Å². The van der Waals surface area contributed by atoms with Gasteiger partial charge in [0.25, 0.3) is 0 Å². The molecule has 0 spiro atoms. The number of carbonyl (C=O) groups excluding carboxylic acids is 3. The van der Waals surface area contributed by atoms with Gasteiger partial charge in [-0.3, -0.25) is 14.9 Å². The molecule has 3 fully saturated rings. The van der Waals surface area contributed by atoms with E-state index in [-0.39, 0.29) is 30.3 Å². The highest BCUT2D eigenvalue weighted by Crippen LogP contribution is 2.33. The van der Waals surface area contributed by atoms with Crippen molar-refractivity contribution < 1.29 is 14.4 Å². The molecule has 238 valence electrons. The zero-order valence-corrected chi connectivity index (χ0v) is 27.3. The van der Waals surface area contributed by atoms with E-state index in [1.54, 1.807) is 11.3 Å². The van der Waals surface area contributed by atoms with Crippen molar-refractivity contribution in [2.45, 2.75) is 83.3 Å². The fourth-order valence-corrected chi connectivity index (χ4v) is 8.61. The maximum Gasteiger partial charge on any atom is 0.323 e. The summed E-state index contributed by atoms with van der Waals surface area (Å²) in [6.07, 6.45) is 7.91. The normalized spacial score (nSPS) is 21.2. The SMILES string of the molecule is Cc1cc(C[C@@H](CC(=O)N2CCC(N3Cc4ccsc4NC3=O)CC2)C(=O)N2CCC(N3CCCCC3)CC2)cc(Cl)c1N. The molecule has 0 bridgehead atoms. The third-order valence-electron chi connectivity index (χ3n) is 10.2. The summed E-state index contributed by atoms with van der Waals surface area (Å²) in [6.45, 7) is 7.50. The van der Waals surface area contributed by atoms with Crippen molar-refractivity contribution in [2.24, 2.45) is 5.92 Å².